The molecule has 3 aliphatic heterocycles. The van der Waals surface area contributed by atoms with Crippen molar-refractivity contribution in [1.82, 2.24) is 14.7 Å². The molecule has 0 aromatic heterocycles. The molecule has 5 nitrogen and oxygen atoms in total. The molecule has 0 aromatic rings. The lowest BCUT2D eigenvalue weighted by atomic mass is 10.0. The molecule has 0 aromatic carbocycles. The molecule has 21 heavy (non-hydrogen) atoms. The lowest BCUT2D eigenvalue weighted by molar-refractivity contribution is -0.130. The molecule has 0 bridgehead atoms. The smallest absolute Gasteiger partial charge is 0.219 e. The second-order valence-electron chi connectivity index (χ2n) is 6.94. The number of carbonyl (C=O) groups is 1. The van der Waals surface area contributed by atoms with Gasteiger partial charge in [-0.2, -0.15) is 0 Å². The first-order chi connectivity index (χ1) is 10.1. The van der Waals surface area contributed by atoms with Gasteiger partial charge in [0.2, 0.25) is 5.91 Å². The fourth-order valence-electron chi connectivity index (χ4n) is 4.12. The highest BCUT2D eigenvalue weighted by molar-refractivity contribution is 5.73. The monoisotopic (exact) mass is 295 g/mol. The summed E-state index contributed by atoms with van der Waals surface area (Å²) in [4.78, 5) is 18.6. The quantitative estimate of drug-likeness (QED) is 0.766. The van der Waals surface area contributed by atoms with Gasteiger partial charge in [0, 0.05) is 65.4 Å². The van der Waals surface area contributed by atoms with E-state index in [9.17, 15) is 4.79 Å². The Morgan fingerprint density at radius 3 is 2.57 bits per heavy atom. The molecule has 3 saturated heterocycles. The second kappa shape index (κ2) is 6.63. The van der Waals surface area contributed by atoms with E-state index in [0.29, 0.717) is 12.1 Å². The Hall–Kier alpha value is -0.650. The Morgan fingerprint density at radius 1 is 1.19 bits per heavy atom. The summed E-state index contributed by atoms with van der Waals surface area (Å²) in [6.45, 7) is 12.3. The van der Waals surface area contributed by atoms with Crippen molar-refractivity contribution >= 4 is 5.91 Å². The molecule has 3 aliphatic rings. The molecule has 5 heteroatoms. The standard InChI is InChI=1S/C16H29N3O2/c1-13-10-17(11-15-4-3-9-21-15)12-16(13)19-7-5-18(6-8-19)14(2)20/h13,15-16H,3-12H2,1-2H3/t13-,15+,16-/m1/s1. The zero-order valence-electron chi connectivity index (χ0n) is 13.5. The highest BCUT2D eigenvalue weighted by Crippen LogP contribution is 2.24. The molecule has 0 unspecified atom stereocenters. The zero-order valence-corrected chi connectivity index (χ0v) is 13.5. The highest BCUT2D eigenvalue weighted by atomic mass is 16.5. The van der Waals surface area contributed by atoms with E-state index in [1.54, 1.807) is 6.92 Å². The largest absolute Gasteiger partial charge is 0.377 e. The Kier molecular flexibility index (Phi) is 4.82. The molecule has 0 spiro atoms. The van der Waals surface area contributed by atoms with Gasteiger partial charge in [-0.25, -0.2) is 0 Å². The molecule has 0 radical (unpaired) electrons. The number of ether oxygens (including phenoxy) is 1. The van der Waals surface area contributed by atoms with Crippen LogP contribution in [0.25, 0.3) is 0 Å². The fourth-order valence-corrected chi connectivity index (χ4v) is 4.12. The summed E-state index contributed by atoms with van der Waals surface area (Å²) in [5.74, 6) is 0.935. The van der Waals surface area contributed by atoms with Crippen molar-refractivity contribution in [2.45, 2.75) is 38.8 Å². The van der Waals surface area contributed by atoms with Crippen LogP contribution in [0.5, 0.6) is 0 Å². The van der Waals surface area contributed by atoms with Crippen LogP contribution in [0.1, 0.15) is 26.7 Å². The number of likely N-dealkylation sites (tertiary alicyclic amines) is 1. The molecule has 3 atom stereocenters. The van der Waals surface area contributed by atoms with Gasteiger partial charge in [-0.05, 0) is 18.8 Å². The first-order valence-electron chi connectivity index (χ1n) is 8.47. The van der Waals surface area contributed by atoms with E-state index in [0.717, 1.165) is 45.2 Å². The maximum atomic E-state index is 11.4. The van der Waals surface area contributed by atoms with E-state index in [4.69, 9.17) is 4.74 Å². The molecule has 1 amide bonds. The van der Waals surface area contributed by atoms with Crippen LogP contribution in [-0.2, 0) is 9.53 Å². The summed E-state index contributed by atoms with van der Waals surface area (Å²) in [5, 5.41) is 0. The van der Waals surface area contributed by atoms with Gasteiger partial charge in [0.15, 0.2) is 0 Å². The predicted octanol–water partition coefficient (Wildman–Crippen LogP) is 0.650. The van der Waals surface area contributed by atoms with Gasteiger partial charge in [0.1, 0.15) is 0 Å². The summed E-state index contributed by atoms with van der Waals surface area (Å²) < 4.78 is 5.77. The lowest BCUT2D eigenvalue weighted by Gasteiger charge is -2.39. The molecular weight excluding hydrogens is 266 g/mol. The summed E-state index contributed by atoms with van der Waals surface area (Å²) in [6.07, 6.45) is 2.92. The number of rotatable bonds is 3. The van der Waals surface area contributed by atoms with Gasteiger partial charge >= 0.3 is 0 Å². The molecule has 0 aliphatic carbocycles. The third-order valence-electron chi connectivity index (χ3n) is 5.36. The molecule has 0 saturated carbocycles. The van der Waals surface area contributed by atoms with Gasteiger partial charge in [-0.3, -0.25) is 14.6 Å². The SMILES string of the molecule is CC(=O)N1CCN([C@@H]2CN(C[C@@H]3CCCO3)C[C@H]2C)CC1. The summed E-state index contributed by atoms with van der Waals surface area (Å²) in [5.41, 5.74) is 0. The number of nitrogens with zero attached hydrogens (tertiary/aromatic N) is 3. The summed E-state index contributed by atoms with van der Waals surface area (Å²) in [7, 11) is 0. The van der Waals surface area contributed by atoms with Crippen molar-refractivity contribution in [2.24, 2.45) is 5.92 Å². The Morgan fingerprint density at radius 2 is 1.95 bits per heavy atom. The van der Waals surface area contributed by atoms with E-state index in [-0.39, 0.29) is 5.91 Å². The normalized spacial score (nSPS) is 35.5. The van der Waals surface area contributed by atoms with Gasteiger partial charge in [-0.15, -0.1) is 0 Å². The fraction of sp³-hybridized carbons (Fsp3) is 0.938. The second-order valence-corrected chi connectivity index (χ2v) is 6.94. The van der Waals surface area contributed by atoms with Crippen LogP contribution in [-0.4, -0.2) is 85.2 Å². The highest BCUT2D eigenvalue weighted by Gasteiger charge is 2.36. The van der Waals surface area contributed by atoms with Crippen molar-refractivity contribution < 1.29 is 9.53 Å². The first-order valence-corrected chi connectivity index (χ1v) is 8.47. The Bertz CT molecular complexity index is 363. The number of hydrogen-bond acceptors (Lipinski definition) is 4. The number of amides is 1. The van der Waals surface area contributed by atoms with Gasteiger partial charge < -0.3 is 9.64 Å². The van der Waals surface area contributed by atoms with E-state index < -0.39 is 0 Å². The van der Waals surface area contributed by atoms with Crippen LogP contribution >= 0.6 is 0 Å². The van der Waals surface area contributed by atoms with Crippen molar-refractivity contribution in [3.8, 4) is 0 Å². The molecule has 3 fully saturated rings. The van der Waals surface area contributed by atoms with Gasteiger partial charge in [-0.1, -0.05) is 6.92 Å². The molecule has 0 N–H and O–H groups in total. The van der Waals surface area contributed by atoms with E-state index in [1.165, 1.54) is 25.9 Å². The van der Waals surface area contributed by atoms with Crippen molar-refractivity contribution in [1.29, 1.82) is 0 Å². The Labute approximate surface area is 128 Å². The van der Waals surface area contributed by atoms with E-state index in [1.807, 2.05) is 4.90 Å². The zero-order chi connectivity index (χ0) is 14.8. The minimum Gasteiger partial charge on any atom is -0.377 e. The summed E-state index contributed by atoms with van der Waals surface area (Å²) in [6, 6.07) is 0.653. The average molecular weight is 295 g/mol. The first kappa shape index (κ1) is 15.3. The summed E-state index contributed by atoms with van der Waals surface area (Å²) >= 11 is 0. The van der Waals surface area contributed by atoms with Crippen molar-refractivity contribution in [3.63, 3.8) is 0 Å². The lowest BCUT2D eigenvalue weighted by Crippen LogP contribution is -2.53. The number of carbonyl (C=O) groups excluding carboxylic acids is 1. The van der Waals surface area contributed by atoms with Crippen LogP contribution in [0, 0.1) is 5.92 Å². The van der Waals surface area contributed by atoms with Crippen LogP contribution in [0.15, 0.2) is 0 Å². The maximum absolute atomic E-state index is 11.4. The number of piperazine rings is 1. The van der Waals surface area contributed by atoms with Gasteiger partial charge in [0.05, 0.1) is 6.10 Å². The molecular formula is C16H29N3O2. The van der Waals surface area contributed by atoms with E-state index >= 15 is 0 Å². The van der Waals surface area contributed by atoms with Crippen molar-refractivity contribution in [2.75, 3.05) is 52.4 Å². The minimum atomic E-state index is 0.217. The number of hydrogen-bond donors (Lipinski definition) is 0. The maximum Gasteiger partial charge on any atom is 0.219 e. The van der Waals surface area contributed by atoms with Crippen LogP contribution in [0.2, 0.25) is 0 Å². The van der Waals surface area contributed by atoms with Crippen LogP contribution < -0.4 is 0 Å². The van der Waals surface area contributed by atoms with Crippen molar-refractivity contribution in [3.05, 3.63) is 0 Å². The molecule has 3 heterocycles. The third kappa shape index (κ3) is 3.58. The minimum absolute atomic E-state index is 0.217. The van der Waals surface area contributed by atoms with Crippen LogP contribution in [0.3, 0.4) is 0 Å². The molecule has 3 rings (SSSR count). The van der Waals surface area contributed by atoms with Crippen LogP contribution in [0.4, 0.5) is 0 Å². The molecule has 120 valence electrons. The predicted molar refractivity (Wildman–Crippen MR) is 82.2 cm³/mol. The third-order valence-corrected chi connectivity index (χ3v) is 5.36. The topological polar surface area (TPSA) is 36.0 Å². The van der Waals surface area contributed by atoms with Gasteiger partial charge in [0.25, 0.3) is 0 Å². The average Bonchev–Trinajstić information content (AvgIpc) is 3.09. The Balaban J connectivity index is 1.48. The van der Waals surface area contributed by atoms with E-state index in [2.05, 4.69) is 16.7 Å².